The minimum absolute atomic E-state index is 0.302. The summed E-state index contributed by atoms with van der Waals surface area (Å²) in [5.41, 5.74) is 0.902. The molecule has 0 bridgehead atoms. The predicted octanol–water partition coefficient (Wildman–Crippen LogP) is 4.01. The summed E-state index contributed by atoms with van der Waals surface area (Å²) >= 11 is 0. The van der Waals surface area contributed by atoms with E-state index < -0.39 is 17.8 Å². The second kappa shape index (κ2) is 6.16. The van der Waals surface area contributed by atoms with Crippen LogP contribution in [-0.2, 0) is 11.2 Å². The molecule has 0 aliphatic heterocycles. The van der Waals surface area contributed by atoms with Crippen molar-refractivity contribution in [2.75, 3.05) is 7.11 Å². The highest BCUT2D eigenvalue weighted by Gasteiger charge is 2.38. The van der Waals surface area contributed by atoms with Crippen molar-refractivity contribution in [3.63, 3.8) is 0 Å². The molecule has 0 aromatic heterocycles. The molecule has 4 heteroatoms. The first-order chi connectivity index (χ1) is 9.53. The van der Waals surface area contributed by atoms with Crippen molar-refractivity contribution in [3.8, 4) is 0 Å². The van der Waals surface area contributed by atoms with Crippen LogP contribution >= 0.6 is 0 Å². The molecular weight excluding hydrogens is 262 g/mol. The number of hydrogen-bond donors (Lipinski definition) is 0. The molecule has 2 nitrogen and oxygen atoms in total. The molecule has 0 saturated carbocycles. The Kier molecular flexibility index (Phi) is 4.53. The Bertz CT molecular complexity index is 492. The van der Waals surface area contributed by atoms with Crippen LogP contribution in [0.1, 0.15) is 35.2 Å². The van der Waals surface area contributed by atoms with Crippen molar-refractivity contribution in [1.29, 1.82) is 0 Å². The Hall–Kier alpha value is -1.71. The molecule has 0 saturated heterocycles. The molecule has 1 aromatic rings. The van der Waals surface area contributed by atoms with Crippen LogP contribution in [0.4, 0.5) is 8.78 Å². The Morgan fingerprint density at radius 2 is 2.05 bits per heavy atom. The monoisotopic (exact) mass is 280 g/mol. The number of methoxy groups -OCH3 is 1. The van der Waals surface area contributed by atoms with E-state index in [1.54, 1.807) is 18.2 Å². The Morgan fingerprint density at radius 1 is 1.35 bits per heavy atom. The third kappa shape index (κ3) is 3.44. The highest BCUT2D eigenvalue weighted by Crippen LogP contribution is 2.35. The zero-order valence-corrected chi connectivity index (χ0v) is 11.4. The SMILES string of the molecule is COC(=O)c1ccc(CC(F)(F)C2C=CCCC2)cc1. The number of carbonyl (C=O) groups is 1. The molecule has 2 rings (SSSR count). The number of ether oxygens (including phenoxy) is 1. The van der Waals surface area contributed by atoms with Gasteiger partial charge in [-0.25, -0.2) is 13.6 Å². The van der Waals surface area contributed by atoms with E-state index in [4.69, 9.17) is 0 Å². The average Bonchev–Trinajstić information content (AvgIpc) is 2.48. The summed E-state index contributed by atoms with van der Waals surface area (Å²) in [6, 6.07) is 6.17. The molecule has 0 heterocycles. The van der Waals surface area contributed by atoms with E-state index in [9.17, 15) is 13.6 Å². The van der Waals surface area contributed by atoms with Gasteiger partial charge < -0.3 is 4.74 Å². The molecular formula is C16H18F2O2. The van der Waals surface area contributed by atoms with E-state index >= 15 is 0 Å². The average molecular weight is 280 g/mol. The molecule has 1 aromatic carbocycles. The molecule has 0 radical (unpaired) electrons. The van der Waals surface area contributed by atoms with Crippen molar-refractivity contribution < 1.29 is 18.3 Å². The number of esters is 1. The van der Waals surface area contributed by atoms with Crippen LogP contribution in [0.2, 0.25) is 0 Å². The number of allylic oxidation sites excluding steroid dienone is 2. The van der Waals surface area contributed by atoms with Gasteiger partial charge in [0, 0.05) is 12.3 Å². The molecule has 0 amide bonds. The highest BCUT2D eigenvalue weighted by molar-refractivity contribution is 5.89. The van der Waals surface area contributed by atoms with Gasteiger partial charge in [-0.2, -0.15) is 0 Å². The van der Waals surface area contributed by atoms with Gasteiger partial charge in [0.05, 0.1) is 12.7 Å². The Morgan fingerprint density at radius 3 is 2.60 bits per heavy atom. The van der Waals surface area contributed by atoms with Crippen molar-refractivity contribution in [2.45, 2.75) is 31.6 Å². The van der Waals surface area contributed by atoms with Crippen LogP contribution < -0.4 is 0 Å². The smallest absolute Gasteiger partial charge is 0.337 e. The van der Waals surface area contributed by atoms with E-state index in [0.717, 1.165) is 12.8 Å². The molecule has 108 valence electrons. The van der Waals surface area contributed by atoms with E-state index in [1.807, 2.05) is 6.08 Å². The van der Waals surface area contributed by atoms with Gasteiger partial charge in [-0.05, 0) is 37.0 Å². The molecule has 0 spiro atoms. The number of benzene rings is 1. The standard InChI is InChI=1S/C16H18F2O2/c1-20-15(19)13-9-7-12(8-10-13)11-16(17,18)14-5-3-2-4-6-14/h3,5,7-10,14H,2,4,6,11H2,1H3. The molecule has 1 unspecified atom stereocenters. The first-order valence-electron chi connectivity index (χ1n) is 6.74. The minimum Gasteiger partial charge on any atom is -0.465 e. The van der Waals surface area contributed by atoms with Crippen LogP contribution in [0.25, 0.3) is 0 Å². The Balaban J connectivity index is 2.06. The first kappa shape index (κ1) is 14.7. The largest absolute Gasteiger partial charge is 0.465 e. The van der Waals surface area contributed by atoms with E-state index in [0.29, 0.717) is 17.5 Å². The summed E-state index contributed by atoms with van der Waals surface area (Å²) in [6.45, 7) is 0. The minimum atomic E-state index is -2.75. The summed E-state index contributed by atoms with van der Waals surface area (Å²) in [5.74, 6) is -3.89. The number of carbonyl (C=O) groups excluding carboxylic acids is 1. The maximum Gasteiger partial charge on any atom is 0.337 e. The lowest BCUT2D eigenvalue weighted by molar-refractivity contribution is -0.0442. The first-order valence-corrected chi connectivity index (χ1v) is 6.74. The fraction of sp³-hybridized carbons (Fsp3) is 0.438. The molecule has 20 heavy (non-hydrogen) atoms. The number of rotatable bonds is 4. The predicted molar refractivity (Wildman–Crippen MR) is 72.9 cm³/mol. The highest BCUT2D eigenvalue weighted by atomic mass is 19.3. The topological polar surface area (TPSA) is 26.3 Å². The Labute approximate surface area is 117 Å². The summed E-state index contributed by atoms with van der Waals surface area (Å²) in [5, 5.41) is 0. The lowest BCUT2D eigenvalue weighted by Gasteiger charge is -2.26. The zero-order chi connectivity index (χ0) is 14.6. The number of halogens is 2. The van der Waals surface area contributed by atoms with Crippen LogP contribution in [0.15, 0.2) is 36.4 Å². The van der Waals surface area contributed by atoms with Gasteiger partial charge in [-0.15, -0.1) is 0 Å². The summed E-state index contributed by atoms with van der Waals surface area (Å²) < 4.78 is 32.9. The van der Waals surface area contributed by atoms with Gasteiger partial charge in [0.15, 0.2) is 0 Å². The lowest BCUT2D eigenvalue weighted by Crippen LogP contribution is -2.30. The molecule has 1 atom stereocenters. The maximum atomic E-state index is 14.2. The third-order valence-electron chi connectivity index (χ3n) is 3.61. The van der Waals surface area contributed by atoms with Crippen molar-refractivity contribution in [1.82, 2.24) is 0 Å². The molecule has 1 aliphatic carbocycles. The van der Waals surface area contributed by atoms with Crippen LogP contribution in [0, 0.1) is 5.92 Å². The van der Waals surface area contributed by atoms with E-state index in [-0.39, 0.29) is 6.42 Å². The normalized spacial score (nSPS) is 18.9. The van der Waals surface area contributed by atoms with Crippen LogP contribution in [0.5, 0.6) is 0 Å². The van der Waals surface area contributed by atoms with Gasteiger partial charge in [-0.3, -0.25) is 0 Å². The summed E-state index contributed by atoms with van der Waals surface area (Å²) in [6.07, 6.45) is 5.40. The van der Waals surface area contributed by atoms with Crippen LogP contribution in [-0.4, -0.2) is 19.0 Å². The fourth-order valence-electron chi connectivity index (χ4n) is 2.44. The van der Waals surface area contributed by atoms with E-state index in [1.165, 1.54) is 19.2 Å². The number of alkyl halides is 2. The van der Waals surface area contributed by atoms with Gasteiger partial charge >= 0.3 is 5.97 Å². The zero-order valence-electron chi connectivity index (χ0n) is 11.4. The summed E-state index contributed by atoms with van der Waals surface area (Å²) in [7, 11) is 1.29. The van der Waals surface area contributed by atoms with Gasteiger partial charge in [0.25, 0.3) is 5.92 Å². The third-order valence-corrected chi connectivity index (χ3v) is 3.61. The van der Waals surface area contributed by atoms with E-state index in [2.05, 4.69) is 4.74 Å². The molecule has 1 aliphatic rings. The summed E-state index contributed by atoms with van der Waals surface area (Å²) in [4.78, 5) is 11.3. The van der Waals surface area contributed by atoms with Crippen molar-refractivity contribution >= 4 is 5.97 Å². The van der Waals surface area contributed by atoms with Crippen molar-refractivity contribution in [2.24, 2.45) is 5.92 Å². The van der Waals surface area contributed by atoms with Crippen LogP contribution in [0.3, 0.4) is 0 Å². The maximum absolute atomic E-state index is 14.2. The second-order valence-corrected chi connectivity index (χ2v) is 5.09. The number of hydrogen-bond acceptors (Lipinski definition) is 2. The quantitative estimate of drug-likeness (QED) is 0.615. The molecule has 0 fully saturated rings. The fourth-order valence-corrected chi connectivity index (χ4v) is 2.44. The van der Waals surface area contributed by atoms with Gasteiger partial charge in [0.1, 0.15) is 0 Å². The van der Waals surface area contributed by atoms with Gasteiger partial charge in [0.2, 0.25) is 0 Å². The second-order valence-electron chi connectivity index (χ2n) is 5.09. The lowest BCUT2D eigenvalue weighted by atomic mass is 9.87. The van der Waals surface area contributed by atoms with Crippen molar-refractivity contribution in [3.05, 3.63) is 47.5 Å². The molecule has 0 N–H and O–H groups in total. The van der Waals surface area contributed by atoms with Gasteiger partial charge in [-0.1, -0.05) is 24.3 Å².